The zero-order chi connectivity index (χ0) is 23.4. The zero-order valence-corrected chi connectivity index (χ0v) is 18.7. The lowest BCUT2D eigenvalue weighted by atomic mass is 9.82. The molecular weight excluding hydrogens is 428 g/mol. The van der Waals surface area contributed by atoms with Crippen LogP contribution in [0.4, 0.5) is 14.5 Å². The van der Waals surface area contributed by atoms with Crippen molar-refractivity contribution in [3.63, 3.8) is 0 Å². The first-order valence-electron chi connectivity index (χ1n) is 10.9. The van der Waals surface area contributed by atoms with E-state index in [0.29, 0.717) is 36.7 Å². The maximum absolute atomic E-state index is 14.1. The van der Waals surface area contributed by atoms with Gasteiger partial charge in [-0.25, -0.2) is 18.7 Å². The Bertz CT molecular complexity index is 1070. The minimum Gasteiger partial charge on any atom is -0.489 e. The van der Waals surface area contributed by atoms with E-state index in [4.69, 9.17) is 9.47 Å². The fraction of sp³-hybridized carbons (Fsp3) is 0.400. The Kier molecular flexibility index (Phi) is 6.83. The highest BCUT2D eigenvalue weighted by Gasteiger charge is 2.62. The standard InChI is InChI=1S/C25H27F2N3O3/c1-16-28-14-23(22(29-16)10-11-32-2)33-15-25(17-4-3-5-19(27)12-17)13-21(25)24(31)30-20-8-6-18(26)7-9-20/h3-9,14,17,21H,10-13,15H2,1-2H3,(H,30,31)/t17?,21-,25+/m0/s1. The van der Waals surface area contributed by atoms with Crippen LogP contribution in [-0.4, -0.2) is 36.2 Å². The van der Waals surface area contributed by atoms with Gasteiger partial charge in [-0.05, 0) is 49.6 Å². The largest absolute Gasteiger partial charge is 0.489 e. The molecule has 0 spiro atoms. The Labute approximate surface area is 191 Å². The van der Waals surface area contributed by atoms with Crippen LogP contribution in [0.3, 0.4) is 0 Å². The number of benzene rings is 1. The Morgan fingerprint density at radius 1 is 1.27 bits per heavy atom. The molecule has 33 heavy (non-hydrogen) atoms. The highest BCUT2D eigenvalue weighted by atomic mass is 19.1. The number of halogens is 2. The van der Waals surface area contributed by atoms with Gasteiger partial charge in [-0.1, -0.05) is 12.2 Å². The smallest absolute Gasteiger partial charge is 0.228 e. The first kappa shape index (κ1) is 23.0. The zero-order valence-electron chi connectivity index (χ0n) is 18.7. The molecule has 3 atom stereocenters. The van der Waals surface area contributed by atoms with Crippen LogP contribution in [-0.2, 0) is 16.0 Å². The summed E-state index contributed by atoms with van der Waals surface area (Å²) in [5, 5.41) is 2.85. The number of nitrogens with one attached hydrogen (secondary N) is 1. The number of hydrogen-bond acceptors (Lipinski definition) is 5. The molecular formula is C25H27F2N3O3. The number of amides is 1. The van der Waals surface area contributed by atoms with E-state index in [-0.39, 0.29) is 42.4 Å². The van der Waals surface area contributed by atoms with Gasteiger partial charge in [0.25, 0.3) is 0 Å². The van der Waals surface area contributed by atoms with Gasteiger partial charge in [0.1, 0.15) is 17.5 Å². The maximum Gasteiger partial charge on any atom is 0.228 e. The number of allylic oxidation sites excluding steroid dienone is 4. The fourth-order valence-corrected chi connectivity index (χ4v) is 4.37. The predicted molar refractivity (Wildman–Crippen MR) is 120 cm³/mol. The van der Waals surface area contributed by atoms with E-state index in [9.17, 15) is 13.6 Å². The molecule has 0 radical (unpaired) electrons. The van der Waals surface area contributed by atoms with Crippen molar-refractivity contribution in [1.82, 2.24) is 9.97 Å². The molecule has 1 amide bonds. The highest BCUT2D eigenvalue weighted by Crippen LogP contribution is 2.61. The summed E-state index contributed by atoms with van der Waals surface area (Å²) >= 11 is 0. The van der Waals surface area contributed by atoms with Gasteiger partial charge in [0, 0.05) is 37.0 Å². The Balaban J connectivity index is 1.52. The molecule has 8 heteroatoms. The maximum atomic E-state index is 14.1. The Hall–Kier alpha value is -3.13. The lowest BCUT2D eigenvalue weighted by Crippen LogP contribution is -2.30. The summed E-state index contributed by atoms with van der Waals surface area (Å²) in [5.41, 5.74) is 0.690. The molecule has 1 fully saturated rings. The van der Waals surface area contributed by atoms with Crippen LogP contribution in [0.1, 0.15) is 24.4 Å². The van der Waals surface area contributed by atoms with E-state index in [1.165, 1.54) is 30.3 Å². The molecule has 2 aliphatic rings. The van der Waals surface area contributed by atoms with Gasteiger partial charge in [-0.15, -0.1) is 0 Å². The first-order valence-corrected chi connectivity index (χ1v) is 10.9. The molecule has 0 saturated heterocycles. The van der Waals surface area contributed by atoms with Crippen LogP contribution in [0, 0.1) is 30.0 Å². The van der Waals surface area contributed by atoms with Gasteiger partial charge in [-0.2, -0.15) is 0 Å². The molecule has 1 saturated carbocycles. The third-order valence-corrected chi connectivity index (χ3v) is 6.31. The Morgan fingerprint density at radius 3 is 2.79 bits per heavy atom. The van der Waals surface area contributed by atoms with Gasteiger partial charge in [0.05, 0.1) is 25.1 Å². The van der Waals surface area contributed by atoms with Crippen LogP contribution in [0.5, 0.6) is 5.75 Å². The summed E-state index contributed by atoms with van der Waals surface area (Å²) in [6, 6.07) is 5.62. The molecule has 1 heterocycles. The quantitative estimate of drug-likeness (QED) is 0.600. The summed E-state index contributed by atoms with van der Waals surface area (Å²) < 4.78 is 38.6. The lowest BCUT2D eigenvalue weighted by molar-refractivity contribution is -0.118. The molecule has 2 aromatic rings. The van der Waals surface area contributed by atoms with Gasteiger partial charge in [0.2, 0.25) is 5.91 Å². The van der Waals surface area contributed by atoms with Crippen molar-refractivity contribution in [2.45, 2.75) is 26.2 Å². The number of aromatic nitrogens is 2. The molecule has 1 N–H and O–H groups in total. The number of carbonyl (C=O) groups excluding carboxylic acids is 1. The molecule has 1 unspecified atom stereocenters. The van der Waals surface area contributed by atoms with E-state index in [2.05, 4.69) is 15.3 Å². The number of ether oxygens (including phenoxy) is 2. The summed E-state index contributed by atoms with van der Waals surface area (Å²) in [4.78, 5) is 21.7. The summed E-state index contributed by atoms with van der Waals surface area (Å²) in [6.07, 6.45) is 8.05. The highest BCUT2D eigenvalue weighted by molar-refractivity contribution is 5.95. The molecule has 1 aromatic carbocycles. The fourth-order valence-electron chi connectivity index (χ4n) is 4.37. The van der Waals surface area contributed by atoms with Crippen molar-refractivity contribution in [2.24, 2.45) is 17.3 Å². The van der Waals surface area contributed by atoms with E-state index in [1.54, 1.807) is 26.3 Å². The second-order valence-corrected chi connectivity index (χ2v) is 8.55. The van der Waals surface area contributed by atoms with Crippen LogP contribution in [0.2, 0.25) is 0 Å². The van der Waals surface area contributed by atoms with Crippen molar-refractivity contribution < 1.29 is 23.0 Å². The Morgan fingerprint density at radius 2 is 2.06 bits per heavy atom. The predicted octanol–water partition coefficient (Wildman–Crippen LogP) is 4.57. The van der Waals surface area contributed by atoms with Gasteiger partial charge < -0.3 is 14.8 Å². The average molecular weight is 456 g/mol. The normalized spacial score (nSPS) is 23.7. The number of methoxy groups -OCH3 is 1. The average Bonchev–Trinajstić information content (AvgIpc) is 3.55. The number of carbonyl (C=O) groups is 1. The third-order valence-electron chi connectivity index (χ3n) is 6.31. The van der Waals surface area contributed by atoms with E-state index < -0.39 is 5.41 Å². The van der Waals surface area contributed by atoms with Gasteiger partial charge in [0.15, 0.2) is 5.75 Å². The third kappa shape index (κ3) is 5.27. The minimum absolute atomic E-state index is 0.180. The molecule has 1 aromatic heterocycles. The summed E-state index contributed by atoms with van der Waals surface area (Å²) in [5.74, 6) is -0.149. The molecule has 0 aliphatic heterocycles. The van der Waals surface area contributed by atoms with Gasteiger partial charge >= 0.3 is 0 Å². The van der Waals surface area contributed by atoms with Gasteiger partial charge in [-0.3, -0.25) is 4.79 Å². The molecule has 2 aliphatic carbocycles. The number of nitrogens with zero attached hydrogens (tertiary/aromatic N) is 2. The molecule has 0 bridgehead atoms. The van der Waals surface area contributed by atoms with Crippen molar-refractivity contribution >= 4 is 11.6 Å². The van der Waals surface area contributed by atoms with Crippen molar-refractivity contribution in [3.8, 4) is 5.75 Å². The van der Waals surface area contributed by atoms with Crippen LogP contribution in [0.25, 0.3) is 0 Å². The topological polar surface area (TPSA) is 73.3 Å². The monoisotopic (exact) mass is 455 g/mol. The number of hydrogen-bond donors (Lipinski definition) is 1. The lowest BCUT2D eigenvalue weighted by Gasteiger charge is -2.27. The number of aryl methyl sites for hydroxylation is 1. The molecule has 4 rings (SSSR count). The second kappa shape index (κ2) is 9.79. The van der Waals surface area contributed by atoms with Crippen molar-refractivity contribution in [3.05, 3.63) is 71.9 Å². The molecule has 6 nitrogen and oxygen atoms in total. The number of rotatable bonds is 9. The van der Waals surface area contributed by atoms with E-state index in [1.807, 2.05) is 6.08 Å². The molecule has 174 valence electrons. The number of anilines is 1. The minimum atomic E-state index is -0.560. The first-order chi connectivity index (χ1) is 15.9. The van der Waals surface area contributed by atoms with Crippen LogP contribution < -0.4 is 10.1 Å². The summed E-state index contributed by atoms with van der Waals surface area (Å²) in [6.45, 7) is 2.52. The van der Waals surface area contributed by atoms with E-state index in [0.717, 1.165) is 5.69 Å². The van der Waals surface area contributed by atoms with Crippen molar-refractivity contribution in [1.29, 1.82) is 0 Å². The van der Waals surface area contributed by atoms with Crippen LogP contribution >= 0.6 is 0 Å². The van der Waals surface area contributed by atoms with Crippen LogP contribution in [0.15, 0.2) is 54.5 Å². The second-order valence-electron chi connectivity index (χ2n) is 8.55. The van der Waals surface area contributed by atoms with Crippen molar-refractivity contribution in [2.75, 3.05) is 25.6 Å². The SMILES string of the molecule is COCCc1nc(C)ncc1OC[C@@]1(C2C=CC=C(F)C2)C[C@H]1C(=O)Nc1ccc(F)cc1. The van der Waals surface area contributed by atoms with E-state index >= 15 is 0 Å². The summed E-state index contributed by atoms with van der Waals surface area (Å²) in [7, 11) is 1.62.